The second kappa shape index (κ2) is 8.24. The molecule has 2 N–H and O–H groups in total. The van der Waals surface area contributed by atoms with Crippen molar-refractivity contribution in [3.8, 4) is 5.75 Å². The Balaban J connectivity index is 1.67. The molecule has 3 heterocycles. The van der Waals surface area contributed by atoms with Crippen LogP contribution in [0.5, 0.6) is 5.75 Å². The summed E-state index contributed by atoms with van der Waals surface area (Å²) in [7, 11) is 2.80. The molecule has 1 aromatic carbocycles. The number of hydrogen-bond acceptors (Lipinski definition) is 6. The zero-order valence-electron chi connectivity index (χ0n) is 16.6. The number of aromatic amines is 1. The third-order valence-electron chi connectivity index (χ3n) is 5.02. The molecular formula is C21H21N5O4. The molecule has 9 heteroatoms. The topological polar surface area (TPSA) is 109 Å². The quantitative estimate of drug-likeness (QED) is 0.644. The van der Waals surface area contributed by atoms with Crippen LogP contribution in [0.25, 0.3) is 0 Å². The zero-order chi connectivity index (χ0) is 21.1. The SMILES string of the molecule is COC(=O)c1ccc(OC)c(NC(=O)N2CCc3[nH]cnc3C2c2ccccn2)c1. The van der Waals surface area contributed by atoms with Gasteiger partial charge in [-0.2, -0.15) is 0 Å². The molecule has 0 saturated heterocycles. The molecule has 0 radical (unpaired) electrons. The Bertz CT molecular complexity index is 1070. The number of carbonyl (C=O) groups is 2. The summed E-state index contributed by atoms with van der Waals surface area (Å²) in [6, 6.07) is 9.51. The number of H-pyrrole nitrogens is 1. The minimum Gasteiger partial charge on any atom is -0.495 e. The van der Waals surface area contributed by atoms with Crippen LogP contribution in [0.3, 0.4) is 0 Å². The van der Waals surface area contributed by atoms with Crippen molar-refractivity contribution in [1.82, 2.24) is 19.9 Å². The van der Waals surface area contributed by atoms with Crippen molar-refractivity contribution in [1.29, 1.82) is 0 Å². The molecule has 1 atom stereocenters. The van der Waals surface area contributed by atoms with Crippen molar-refractivity contribution in [3.05, 3.63) is 71.6 Å². The van der Waals surface area contributed by atoms with Gasteiger partial charge in [0.15, 0.2) is 0 Å². The van der Waals surface area contributed by atoms with E-state index in [2.05, 4.69) is 20.3 Å². The molecule has 0 bridgehead atoms. The van der Waals surface area contributed by atoms with Gasteiger partial charge in [0.05, 0.1) is 43.2 Å². The monoisotopic (exact) mass is 407 g/mol. The summed E-state index contributed by atoms with van der Waals surface area (Å²) < 4.78 is 10.1. The Morgan fingerprint density at radius 1 is 1.20 bits per heavy atom. The van der Waals surface area contributed by atoms with E-state index in [4.69, 9.17) is 9.47 Å². The number of pyridine rings is 1. The number of urea groups is 1. The Morgan fingerprint density at radius 2 is 2.07 bits per heavy atom. The van der Waals surface area contributed by atoms with E-state index >= 15 is 0 Å². The number of ether oxygens (including phenoxy) is 2. The van der Waals surface area contributed by atoms with E-state index in [-0.39, 0.29) is 6.03 Å². The predicted octanol–water partition coefficient (Wildman–Crippen LogP) is 2.78. The standard InChI is InChI=1S/C21H21N5O4/c1-29-17-7-6-13(20(27)30-2)11-16(17)25-21(28)26-10-8-14-18(24-12-23-14)19(26)15-5-3-4-9-22-15/h3-7,9,11-12,19H,8,10H2,1-2H3,(H,23,24)(H,25,28). The van der Waals surface area contributed by atoms with Crippen LogP contribution >= 0.6 is 0 Å². The highest BCUT2D eigenvalue weighted by Gasteiger charge is 2.35. The van der Waals surface area contributed by atoms with Gasteiger partial charge in [0.2, 0.25) is 0 Å². The Hall–Kier alpha value is -3.88. The Kier molecular flexibility index (Phi) is 5.34. The first kappa shape index (κ1) is 19.4. The number of esters is 1. The molecule has 1 unspecified atom stereocenters. The number of carbonyl (C=O) groups excluding carboxylic acids is 2. The summed E-state index contributed by atoms with van der Waals surface area (Å²) in [6.07, 6.45) is 3.96. The summed E-state index contributed by atoms with van der Waals surface area (Å²) >= 11 is 0. The van der Waals surface area contributed by atoms with Gasteiger partial charge in [0.25, 0.3) is 0 Å². The van der Waals surface area contributed by atoms with Gasteiger partial charge >= 0.3 is 12.0 Å². The third kappa shape index (κ3) is 3.57. The van der Waals surface area contributed by atoms with Crippen molar-refractivity contribution in [2.75, 3.05) is 26.1 Å². The number of nitrogens with one attached hydrogen (secondary N) is 2. The van der Waals surface area contributed by atoms with E-state index in [0.29, 0.717) is 30.0 Å². The Labute approximate surface area is 173 Å². The molecule has 3 aromatic rings. The average Bonchev–Trinajstić information content (AvgIpc) is 3.27. The molecule has 4 rings (SSSR count). The van der Waals surface area contributed by atoms with Gasteiger partial charge in [0.1, 0.15) is 11.8 Å². The van der Waals surface area contributed by atoms with Crippen LogP contribution in [-0.4, -0.2) is 52.6 Å². The van der Waals surface area contributed by atoms with Crippen molar-refractivity contribution in [3.63, 3.8) is 0 Å². The maximum atomic E-state index is 13.3. The number of hydrogen-bond donors (Lipinski definition) is 2. The number of imidazole rings is 1. The summed E-state index contributed by atoms with van der Waals surface area (Å²) in [6.45, 7) is 0.473. The maximum absolute atomic E-state index is 13.3. The van der Waals surface area contributed by atoms with Crippen molar-refractivity contribution < 1.29 is 19.1 Å². The number of rotatable bonds is 4. The number of benzene rings is 1. The summed E-state index contributed by atoms with van der Waals surface area (Å²) in [4.78, 5) is 38.9. The van der Waals surface area contributed by atoms with E-state index in [9.17, 15) is 9.59 Å². The fourth-order valence-corrected chi connectivity index (χ4v) is 3.57. The first-order chi connectivity index (χ1) is 14.6. The molecule has 0 aliphatic carbocycles. The normalized spacial score (nSPS) is 15.3. The highest BCUT2D eigenvalue weighted by atomic mass is 16.5. The lowest BCUT2D eigenvalue weighted by Gasteiger charge is -2.34. The van der Waals surface area contributed by atoms with Gasteiger partial charge in [-0.25, -0.2) is 14.6 Å². The largest absolute Gasteiger partial charge is 0.495 e. The predicted molar refractivity (Wildman–Crippen MR) is 108 cm³/mol. The second-order valence-corrected chi connectivity index (χ2v) is 6.70. The highest BCUT2D eigenvalue weighted by molar-refractivity contribution is 5.95. The lowest BCUT2D eigenvalue weighted by molar-refractivity contribution is 0.0600. The maximum Gasteiger partial charge on any atom is 0.337 e. The minimum atomic E-state index is -0.501. The van der Waals surface area contributed by atoms with Crippen molar-refractivity contribution in [2.24, 2.45) is 0 Å². The molecule has 0 saturated carbocycles. The minimum absolute atomic E-state index is 0.308. The Morgan fingerprint density at radius 3 is 2.80 bits per heavy atom. The molecule has 154 valence electrons. The number of amides is 2. The third-order valence-corrected chi connectivity index (χ3v) is 5.02. The van der Waals surface area contributed by atoms with Crippen LogP contribution in [0.1, 0.15) is 33.5 Å². The number of anilines is 1. The molecule has 30 heavy (non-hydrogen) atoms. The number of aromatic nitrogens is 3. The fourth-order valence-electron chi connectivity index (χ4n) is 3.57. The van der Waals surface area contributed by atoms with Crippen molar-refractivity contribution in [2.45, 2.75) is 12.5 Å². The van der Waals surface area contributed by atoms with Crippen LogP contribution < -0.4 is 10.1 Å². The molecule has 2 amide bonds. The van der Waals surface area contributed by atoms with Crippen LogP contribution in [0.4, 0.5) is 10.5 Å². The van der Waals surface area contributed by atoms with Gasteiger partial charge in [-0.3, -0.25) is 4.98 Å². The van der Waals surface area contributed by atoms with Gasteiger partial charge < -0.3 is 24.7 Å². The van der Waals surface area contributed by atoms with Gasteiger partial charge in [-0.15, -0.1) is 0 Å². The number of nitrogens with zero attached hydrogens (tertiary/aromatic N) is 3. The van der Waals surface area contributed by atoms with Crippen LogP contribution in [0.15, 0.2) is 48.9 Å². The molecule has 0 fully saturated rings. The number of methoxy groups -OCH3 is 2. The summed E-state index contributed by atoms with van der Waals surface area (Å²) in [5.74, 6) is -0.0680. The van der Waals surface area contributed by atoms with Crippen LogP contribution in [0, 0.1) is 0 Å². The fraction of sp³-hybridized carbons (Fsp3) is 0.238. The molecule has 0 spiro atoms. The van der Waals surface area contributed by atoms with Crippen molar-refractivity contribution >= 4 is 17.7 Å². The first-order valence-corrected chi connectivity index (χ1v) is 9.39. The van der Waals surface area contributed by atoms with Gasteiger partial charge in [-0.05, 0) is 30.3 Å². The molecule has 2 aromatic heterocycles. The molecule has 9 nitrogen and oxygen atoms in total. The number of fused-ring (bicyclic) bond motifs is 1. The van der Waals surface area contributed by atoms with E-state index < -0.39 is 12.0 Å². The molecule has 1 aliphatic heterocycles. The molecular weight excluding hydrogens is 386 g/mol. The smallest absolute Gasteiger partial charge is 0.337 e. The average molecular weight is 407 g/mol. The first-order valence-electron chi connectivity index (χ1n) is 9.39. The van der Waals surface area contributed by atoms with E-state index in [1.807, 2.05) is 18.2 Å². The van der Waals surface area contributed by atoms with Crippen LogP contribution in [0.2, 0.25) is 0 Å². The van der Waals surface area contributed by atoms with Gasteiger partial charge in [0, 0.05) is 24.9 Å². The summed E-state index contributed by atoms with van der Waals surface area (Å²) in [5.41, 5.74) is 3.16. The zero-order valence-corrected chi connectivity index (χ0v) is 16.6. The highest BCUT2D eigenvalue weighted by Crippen LogP contribution is 2.33. The van der Waals surface area contributed by atoms with E-state index in [0.717, 1.165) is 17.1 Å². The van der Waals surface area contributed by atoms with E-state index in [1.54, 1.807) is 29.6 Å². The van der Waals surface area contributed by atoms with Gasteiger partial charge in [-0.1, -0.05) is 6.07 Å². The van der Waals surface area contributed by atoms with E-state index in [1.165, 1.54) is 20.3 Å². The lowest BCUT2D eigenvalue weighted by atomic mass is 10.00. The second-order valence-electron chi connectivity index (χ2n) is 6.70. The lowest BCUT2D eigenvalue weighted by Crippen LogP contribution is -2.43. The molecule has 1 aliphatic rings. The van der Waals surface area contributed by atoms with Crippen LogP contribution in [-0.2, 0) is 11.2 Å². The summed E-state index contributed by atoms with van der Waals surface area (Å²) in [5, 5.41) is 2.86.